The maximum atomic E-state index is 13.7. The lowest BCUT2D eigenvalue weighted by Gasteiger charge is -2.24. The lowest BCUT2D eigenvalue weighted by Crippen LogP contribution is -2.27. The molecule has 0 unspecified atom stereocenters. The van der Waals surface area contributed by atoms with Crippen LogP contribution in [0.4, 0.5) is 24.0 Å². The highest BCUT2D eigenvalue weighted by molar-refractivity contribution is 7.93. The number of pyridine rings is 1. The van der Waals surface area contributed by atoms with Crippen molar-refractivity contribution in [3.8, 4) is 11.6 Å². The van der Waals surface area contributed by atoms with Crippen LogP contribution in [0.25, 0.3) is 10.8 Å². The van der Waals surface area contributed by atoms with E-state index in [0.29, 0.717) is 16.7 Å². The van der Waals surface area contributed by atoms with E-state index in [1.54, 1.807) is 23.7 Å². The number of ether oxygens (including phenoxy) is 2. The van der Waals surface area contributed by atoms with Crippen LogP contribution in [-0.4, -0.2) is 32.6 Å². The van der Waals surface area contributed by atoms with Crippen molar-refractivity contribution in [1.82, 2.24) is 9.97 Å². The standard InChI is InChI=1S/C21H16F3N3O4S2/c1-30-18-11-15(21(22,23)24)4-6-17(18)27(20-25-7-8-32-20)33(28,29)16-5-3-13-12-26-19(31-2)10-14(13)9-16/h3-12H,1-2H3. The lowest BCUT2D eigenvalue weighted by molar-refractivity contribution is -0.137. The molecule has 4 rings (SSSR count). The second-order valence-corrected chi connectivity index (χ2v) is 9.36. The van der Waals surface area contributed by atoms with Gasteiger partial charge >= 0.3 is 6.18 Å². The molecule has 0 bridgehead atoms. The van der Waals surface area contributed by atoms with Crippen LogP contribution in [0.5, 0.6) is 11.6 Å². The molecule has 0 saturated heterocycles. The number of fused-ring (bicyclic) bond motifs is 1. The molecule has 2 aromatic heterocycles. The van der Waals surface area contributed by atoms with Gasteiger partial charge in [0.25, 0.3) is 10.0 Å². The third-order valence-electron chi connectivity index (χ3n) is 4.73. The maximum absolute atomic E-state index is 13.7. The number of hydrogen-bond acceptors (Lipinski definition) is 7. The molecule has 0 radical (unpaired) electrons. The number of thiazole rings is 1. The van der Waals surface area contributed by atoms with Gasteiger partial charge in [-0.3, -0.25) is 0 Å². The number of halogens is 3. The lowest BCUT2D eigenvalue weighted by atomic mass is 10.2. The predicted octanol–water partition coefficient (Wildman–Crippen LogP) is 5.25. The molecule has 0 aliphatic heterocycles. The molecule has 0 amide bonds. The first kappa shape index (κ1) is 22.8. The number of hydrogen-bond donors (Lipinski definition) is 0. The van der Waals surface area contributed by atoms with Crippen molar-refractivity contribution < 1.29 is 31.1 Å². The van der Waals surface area contributed by atoms with Crippen molar-refractivity contribution in [2.24, 2.45) is 0 Å². The van der Waals surface area contributed by atoms with Gasteiger partial charge in [0.15, 0.2) is 0 Å². The van der Waals surface area contributed by atoms with Crippen LogP contribution in [0.15, 0.2) is 65.1 Å². The van der Waals surface area contributed by atoms with Crippen LogP contribution < -0.4 is 13.8 Å². The summed E-state index contributed by atoms with van der Waals surface area (Å²) in [6, 6.07) is 8.59. The van der Waals surface area contributed by atoms with Crippen LogP contribution in [0.1, 0.15) is 5.56 Å². The van der Waals surface area contributed by atoms with Crippen LogP contribution in [0.3, 0.4) is 0 Å². The van der Waals surface area contributed by atoms with Crippen LogP contribution in [-0.2, 0) is 16.2 Å². The van der Waals surface area contributed by atoms with Gasteiger partial charge in [-0.1, -0.05) is 6.07 Å². The normalized spacial score (nSPS) is 12.0. The zero-order chi connectivity index (χ0) is 23.8. The number of sulfonamides is 1. The highest BCUT2D eigenvalue weighted by atomic mass is 32.2. The van der Waals surface area contributed by atoms with Crippen LogP contribution in [0, 0.1) is 0 Å². The van der Waals surface area contributed by atoms with Crippen molar-refractivity contribution >= 4 is 43.0 Å². The predicted molar refractivity (Wildman–Crippen MR) is 118 cm³/mol. The number of nitrogens with zero attached hydrogens (tertiary/aromatic N) is 3. The summed E-state index contributed by atoms with van der Waals surface area (Å²) in [7, 11) is -1.70. The molecule has 7 nitrogen and oxygen atoms in total. The first-order chi connectivity index (χ1) is 15.6. The van der Waals surface area contributed by atoms with Gasteiger partial charge in [0.1, 0.15) is 11.4 Å². The monoisotopic (exact) mass is 495 g/mol. The Balaban J connectivity index is 1.91. The summed E-state index contributed by atoms with van der Waals surface area (Å²) in [6.07, 6.45) is -1.68. The smallest absolute Gasteiger partial charge is 0.416 e. The number of benzene rings is 2. The van der Waals surface area contributed by atoms with Crippen LogP contribution >= 0.6 is 11.3 Å². The number of methoxy groups -OCH3 is 2. The summed E-state index contributed by atoms with van der Waals surface area (Å²) in [5, 5.41) is 2.84. The second-order valence-electron chi connectivity index (χ2n) is 6.70. The fourth-order valence-corrected chi connectivity index (χ4v) is 5.52. The SMILES string of the molecule is COc1cc2cc(S(=O)(=O)N(c3nccs3)c3ccc(C(F)(F)F)cc3OC)ccc2cn1. The van der Waals surface area contributed by atoms with E-state index in [4.69, 9.17) is 9.47 Å². The third kappa shape index (κ3) is 4.31. The molecule has 0 fully saturated rings. The summed E-state index contributed by atoms with van der Waals surface area (Å²) < 4.78 is 78.2. The molecule has 172 valence electrons. The first-order valence-electron chi connectivity index (χ1n) is 9.29. The fraction of sp³-hybridized carbons (Fsp3) is 0.143. The van der Waals surface area contributed by atoms with E-state index in [1.165, 1.54) is 32.5 Å². The van der Waals surface area contributed by atoms with Crippen molar-refractivity contribution in [2.75, 3.05) is 18.5 Å². The third-order valence-corrected chi connectivity index (χ3v) is 7.31. The summed E-state index contributed by atoms with van der Waals surface area (Å²) in [4.78, 5) is 8.07. The summed E-state index contributed by atoms with van der Waals surface area (Å²) in [5.74, 6) is 0.0356. The minimum atomic E-state index is -4.62. The van der Waals surface area contributed by atoms with Gasteiger partial charge in [-0.25, -0.2) is 22.7 Å². The van der Waals surface area contributed by atoms with E-state index >= 15 is 0 Å². The van der Waals surface area contributed by atoms with Gasteiger partial charge in [0, 0.05) is 29.2 Å². The molecule has 0 aliphatic rings. The first-order valence-corrected chi connectivity index (χ1v) is 11.6. The van der Waals surface area contributed by atoms with E-state index < -0.39 is 21.8 Å². The quantitative estimate of drug-likeness (QED) is 0.363. The van der Waals surface area contributed by atoms with Gasteiger partial charge in [-0.15, -0.1) is 11.3 Å². The van der Waals surface area contributed by atoms with E-state index in [9.17, 15) is 21.6 Å². The molecule has 33 heavy (non-hydrogen) atoms. The second kappa shape index (κ2) is 8.52. The number of rotatable bonds is 6. The van der Waals surface area contributed by atoms with Crippen LogP contribution in [0.2, 0.25) is 0 Å². The Morgan fingerprint density at radius 2 is 1.76 bits per heavy atom. The average Bonchev–Trinajstić information content (AvgIpc) is 3.31. The zero-order valence-corrected chi connectivity index (χ0v) is 18.8. The van der Waals surface area contributed by atoms with Gasteiger partial charge in [0.05, 0.1) is 24.7 Å². The number of alkyl halides is 3. The van der Waals surface area contributed by atoms with E-state index in [0.717, 1.165) is 33.8 Å². The highest BCUT2D eigenvalue weighted by Gasteiger charge is 2.35. The maximum Gasteiger partial charge on any atom is 0.416 e. The minimum absolute atomic E-state index is 0.0421. The fourth-order valence-electron chi connectivity index (χ4n) is 3.15. The van der Waals surface area contributed by atoms with Gasteiger partial charge < -0.3 is 9.47 Å². The Morgan fingerprint density at radius 1 is 0.970 bits per heavy atom. The Bertz CT molecular complexity index is 1410. The Morgan fingerprint density at radius 3 is 2.39 bits per heavy atom. The molecule has 0 N–H and O–H groups in total. The molecule has 2 heterocycles. The van der Waals surface area contributed by atoms with E-state index in [2.05, 4.69) is 9.97 Å². The molecule has 0 saturated carbocycles. The highest BCUT2D eigenvalue weighted by Crippen LogP contribution is 2.42. The molecular formula is C21H16F3N3O4S2. The summed E-state index contributed by atoms with van der Waals surface area (Å²) in [6.45, 7) is 0. The minimum Gasteiger partial charge on any atom is -0.495 e. The topological polar surface area (TPSA) is 81.6 Å². The number of aromatic nitrogens is 2. The van der Waals surface area contributed by atoms with Crippen molar-refractivity contribution in [1.29, 1.82) is 0 Å². The van der Waals surface area contributed by atoms with Gasteiger partial charge in [-0.05, 0) is 35.7 Å². The molecule has 0 atom stereocenters. The zero-order valence-electron chi connectivity index (χ0n) is 17.2. The molecule has 0 aliphatic carbocycles. The molecular weight excluding hydrogens is 479 g/mol. The average molecular weight is 496 g/mol. The largest absolute Gasteiger partial charge is 0.495 e. The van der Waals surface area contributed by atoms with Gasteiger partial charge in [-0.2, -0.15) is 13.2 Å². The van der Waals surface area contributed by atoms with Gasteiger partial charge in [0.2, 0.25) is 11.0 Å². The number of anilines is 2. The molecule has 2 aromatic carbocycles. The Hall–Kier alpha value is -3.38. The van der Waals surface area contributed by atoms with Crippen molar-refractivity contribution in [2.45, 2.75) is 11.1 Å². The molecule has 0 spiro atoms. The Kier molecular flexibility index (Phi) is 5.89. The summed E-state index contributed by atoms with van der Waals surface area (Å²) >= 11 is 1.01. The van der Waals surface area contributed by atoms with E-state index in [1.807, 2.05) is 0 Å². The van der Waals surface area contributed by atoms with Crippen molar-refractivity contribution in [3.63, 3.8) is 0 Å². The molecule has 4 aromatic rings. The molecule has 12 heteroatoms. The summed E-state index contributed by atoms with van der Waals surface area (Å²) in [5.41, 5.74) is -1.07. The van der Waals surface area contributed by atoms with E-state index in [-0.39, 0.29) is 21.5 Å². The van der Waals surface area contributed by atoms with Crippen molar-refractivity contribution in [3.05, 3.63) is 65.8 Å². The Labute approximate surface area is 191 Å².